The molecule has 136 valence electrons. The topological polar surface area (TPSA) is 58.6 Å². The Morgan fingerprint density at radius 2 is 1.92 bits per heavy atom. The summed E-state index contributed by atoms with van der Waals surface area (Å²) in [5, 5.41) is 3.23. The van der Waals surface area contributed by atoms with Crippen molar-refractivity contribution in [3.8, 4) is 0 Å². The standard InChI is InChI=1S/C19H32N2O3/c1-5-12-7-6-8-14(9-12)20-17(22)16-11-13-10-15(13)21(16)18(23)24-19(2,3)4/h12-16H,5-11H2,1-4H3,(H,20,22)/t12-,13-,14+,15-,16+/m1/s1. The zero-order valence-corrected chi connectivity index (χ0v) is 15.5. The number of fused-ring (bicyclic) bond motifs is 1. The summed E-state index contributed by atoms with van der Waals surface area (Å²) in [6.45, 7) is 7.83. The Balaban J connectivity index is 1.60. The molecule has 0 bridgehead atoms. The van der Waals surface area contributed by atoms with Gasteiger partial charge in [0.05, 0.1) is 0 Å². The number of likely N-dealkylation sites (tertiary alicyclic amines) is 1. The van der Waals surface area contributed by atoms with Crippen LogP contribution in [0.2, 0.25) is 0 Å². The third kappa shape index (κ3) is 3.86. The molecule has 0 radical (unpaired) electrons. The van der Waals surface area contributed by atoms with E-state index in [0.717, 1.165) is 31.6 Å². The third-order valence-electron chi connectivity index (χ3n) is 5.72. The largest absolute Gasteiger partial charge is 0.444 e. The Labute approximate surface area is 145 Å². The Bertz CT molecular complexity index is 499. The molecule has 0 unspecified atom stereocenters. The number of nitrogens with zero attached hydrogens (tertiary/aromatic N) is 1. The number of hydrogen-bond acceptors (Lipinski definition) is 3. The fourth-order valence-corrected chi connectivity index (χ4v) is 4.36. The molecular weight excluding hydrogens is 304 g/mol. The average molecular weight is 336 g/mol. The molecule has 2 aliphatic carbocycles. The normalized spacial score (nSPS) is 35.3. The summed E-state index contributed by atoms with van der Waals surface area (Å²) < 4.78 is 5.53. The van der Waals surface area contributed by atoms with E-state index in [9.17, 15) is 9.59 Å². The molecule has 3 rings (SSSR count). The summed E-state index contributed by atoms with van der Waals surface area (Å²) in [6, 6.07) is 0.143. The maximum absolute atomic E-state index is 12.8. The van der Waals surface area contributed by atoms with Crippen LogP contribution in [0.5, 0.6) is 0 Å². The Morgan fingerprint density at radius 1 is 1.17 bits per heavy atom. The number of carbonyl (C=O) groups is 2. The van der Waals surface area contributed by atoms with E-state index in [1.807, 2.05) is 20.8 Å². The summed E-state index contributed by atoms with van der Waals surface area (Å²) in [7, 11) is 0. The lowest BCUT2D eigenvalue weighted by atomic mass is 9.84. The van der Waals surface area contributed by atoms with Gasteiger partial charge in [0.1, 0.15) is 11.6 Å². The smallest absolute Gasteiger partial charge is 0.411 e. The number of ether oxygens (including phenoxy) is 1. The molecule has 5 heteroatoms. The summed E-state index contributed by atoms with van der Waals surface area (Å²) in [5.74, 6) is 1.24. The maximum Gasteiger partial charge on any atom is 0.411 e. The van der Waals surface area contributed by atoms with Crippen LogP contribution in [-0.4, -0.2) is 40.6 Å². The molecule has 0 aromatic heterocycles. The van der Waals surface area contributed by atoms with E-state index in [-0.39, 0.29) is 30.1 Å². The first-order valence-corrected chi connectivity index (χ1v) is 9.60. The highest BCUT2D eigenvalue weighted by Crippen LogP contribution is 2.48. The quantitative estimate of drug-likeness (QED) is 0.858. The number of amides is 2. The molecule has 1 aliphatic heterocycles. The van der Waals surface area contributed by atoms with Gasteiger partial charge in [-0.1, -0.05) is 26.2 Å². The second-order valence-electron chi connectivity index (χ2n) is 8.85. The van der Waals surface area contributed by atoms with Gasteiger partial charge in [0, 0.05) is 12.1 Å². The van der Waals surface area contributed by atoms with Gasteiger partial charge in [0.2, 0.25) is 5.91 Å². The Kier molecular flexibility index (Phi) is 4.80. The first-order chi connectivity index (χ1) is 11.3. The summed E-state index contributed by atoms with van der Waals surface area (Å²) >= 11 is 0. The molecule has 2 amide bonds. The van der Waals surface area contributed by atoms with Crippen molar-refractivity contribution in [2.24, 2.45) is 11.8 Å². The van der Waals surface area contributed by atoms with Gasteiger partial charge in [0.25, 0.3) is 0 Å². The lowest BCUT2D eigenvalue weighted by Gasteiger charge is -2.33. The van der Waals surface area contributed by atoms with Crippen LogP contribution in [0.25, 0.3) is 0 Å². The zero-order chi connectivity index (χ0) is 17.5. The van der Waals surface area contributed by atoms with Crippen molar-refractivity contribution in [3.63, 3.8) is 0 Å². The summed E-state index contributed by atoms with van der Waals surface area (Å²) in [4.78, 5) is 27.0. The minimum atomic E-state index is -0.525. The number of carbonyl (C=O) groups excluding carboxylic acids is 2. The number of piperidine rings is 1. The maximum atomic E-state index is 12.8. The van der Waals surface area contributed by atoms with Crippen molar-refractivity contribution >= 4 is 12.0 Å². The van der Waals surface area contributed by atoms with Crippen LogP contribution in [0.4, 0.5) is 4.79 Å². The third-order valence-corrected chi connectivity index (χ3v) is 5.72. The van der Waals surface area contributed by atoms with E-state index < -0.39 is 5.60 Å². The van der Waals surface area contributed by atoms with E-state index in [0.29, 0.717) is 5.92 Å². The molecule has 3 fully saturated rings. The van der Waals surface area contributed by atoms with Gasteiger partial charge >= 0.3 is 6.09 Å². The molecule has 5 atom stereocenters. The van der Waals surface area contributed by atoms with Crippen LogP contribution in [0.15, 0.2) is 0 Å². The number of rotatable bonds is 3. The van der Waals surface area contributed by atoms with Crippen molar-refractivity contribution in [1.29, 1.82) is 0 Å². The lowest BCUT2D eigenvalue weighted by molar-refractivity contribution is -0.127. The van der Waals surface area contributed by atoms with E-state index >= 15 is 0 Å². The number of hydrogen-bond donors (Lipinski definition) is 1. The Morgan fingerprint density at radius 3 is 2.58 bits per heavy atom. The molecule has 5 nitrogen and oxygen atoms in total. The zero-order valence-electron chi connectivity index (χ0n) is 15.5. The van der Waals surface area contributed by atoms with E-state index in [1.165, 1.54) is 19.3 Å². The van der Waals surface area contributed by atoms with E-state index in [4.69, 9.17) is 4.74 Å². The second kappa shape index (κ2) is 6.57. The van der Waals surface area contributed by atoms with Gasteiger partial charge in [-0.15, -0.1) is 0 Å². The molecule has 2 saturated carbocycles. The molecule has 0 spiro atoms. The van der Waals surface area contributed by atoms with E-state index in [1.54, 1.807) is 4.90 Å². The van der Waals surface area contributed by atoms with Crippen LogP contribution in [0.3, 0.4) is 0 Å². The van der Waals surface area contributed by atoms with Gasteiger partial charge < -0.3 is 10.1 Å². The molecule has 1 N–H and O–H groups in total. The average Bonchev–Trinajstić information content (AvgIpc) is 3.15. The molecule has 3 aliphatic rings. The van der Waals surface area contributed by atoms with Crippen molar-refractivity contribution in [1.82, 2.24) is 10.2 Å². The fourth-order valence-electron chi connectivity index (χ4n) is 4.36. The van der Waals surface area contributed by atoms with Crippen LogP contribution in [0.1, 0.15) is 72.6 Å². The highest BCUT2D eigenvalue weighted by atomic mass is 16.6. The molecule has 24 heavy (non-hydrogen) atoms. The minimum absolute atomic E-state index is 0.0230. The number of nitrogens with one attached hydrogen (secondary N) is 1. The van der Waals surface area contributed by atoms with Crippen molar-refractivity contribution in [3.05, 3.63) is 0 Å². The van der Waals surface area contributed by atoms with Crippen molar-refractivity contribution in [2.45, 2.75) is 96.4 Å². The molecular formula is C19H32N2O3. The van der Waals surface area contributed by atoms with E-state index in [2.05, 4.69) is 12.2 Å². The first-order valence-electron chi connectivity index (χ1n) is 9.60. The van der Waals surface area contributed by atoms with Crippen LogP contribution in [0, 0.1) is 11.8 Å². The highest BCUT2D eigenvalue weighted by Gasteiger charge is 2.57. The monoisotopic (exact) mass is 336 g/mol. The van der Waals surface area contributed by atoms with Crippen LogP contribution >= 0.6 is 0 Å². The minimum Gasteiger partial charge on any atom is -0.444 e. The van der Waals surface area contributed by atoms with Gasteiger partial charge in [-0.25, -0.2) is 4.79 Å². The van der Waals surface area contributed by atoms with Gasteiger partial charge in [-0.05, 0) is 58.3 Å². The van der Waals surface area contributed by atoms with Crippen LogP contribution < -0.4 is 5.32 Å². The molecule has 0 aromatic rings. The predicted molar refractivity (Wildman–Crippen MR) is 92.6 cm³/mol. The van der Waals surface area contributed by atoms with Gasteiger partial charge in [-0.3, -0.25) is 9.69 Å². The first kappa shape index (κ1) is 17.6. The van der Waals surface area contributed by atoms with Crippen molar-refractivity contribution < 1.29 is 14.3 Å². The molecule has 1 heterocycles. The van der Waals surface area contributed by atoms with Crippen LogP contribution in [-0.2, 0) is 9.53 Å². The summed E-state index contributed by atoms with van der Waals surface area (Å²) in [5.41, 5.74) is -0.525. The lowest BCUT2D eigenvalue weighted by Crippen LogP contribution is -2.52. The Hall–Kier alpha value is -1.26. The molecule has 1 saturated heterocycles. The van der Waals surface area contributed by atoms with Gasteiger partial charge in [-0.2, -0.15) is 0 Å². The SMILES string of the molecule is CC[C@@H]1CCC[C@H](NC(=O)[C@@H]2C[C@H]3C[C@H]3N2C(=O)OC(C)(C)C)C1. The van der Waals surface area contributed by atoms with Gasteiger partial charge in [0.15, 0.2) is 0 Å². The highest BCUT2D eigenvalue weighted by molar-refractivity contribution is 5.87. The predicted octanol–water partition coefficient (Wildman–Crippen LogP) is 3.47. The molecule has 0 aromatic carbocycles. The van der Waals surface area contributed by atoms with Crippen molar-refractivity contribution in [2.75, 3.05) is 0 Å². The summed E-state index contributed by atoms with van der Waals surface area (Å²) in [6.07, 6.45) is 7.27. The second-order valence-corrected chi connectivity index (χ2v) is 8.85. The fraction of sp³-hybridized carbons (Fsp3) is 0.895.